The Balaban J connectivity index is 0.000000399. The SMILES string of the molecule is CC1(O)CCN(CC(=O)O)CC1.O=C(O)C(F)(F)F. The first-order valence-electron chi connectivity index (χ1n) is 5.41. The molecule has 1 heterocycles. The Morgan fingerprint density at radius 3 is 1.84 bits per heavy atom. The molecule has 1 rings (SSSR count). The minimum Gasteiger partial charge on any atom is -0.480 e. The Labute approximate surface area is 107 Å². The number of halogens is 3. The van der Waals surface area contributed by atoms with Gasteiger partial charge in [-0.2, -0.15) is 13.2 Å². The molecular formula is C10H16F3NO5. The summed E-state index contributed by atoms with van der Waals surface area (Å²) < 4.78 is 31.7. The van der Waals surface area contributed by atoms with E-state index >= 15 is 0 Å². The molecular weight excluding hydrogens is 271 g/mol. The number of carboxylic acids is 2. The van der Waals surface area contributed by atoms with Crippen molar-refractivity contribution < 1.29 is 38.1 Å². The molecule has 6 nitrogen and oxygen atoms in total. The van der Waals surface area contributed by atoms with E-state index in [9.17, 15) is 23.1 Å². The van der Waals surface area contributed by atoms with Crippen LogP contribution in [0.4, 0.5) is 13.2 Å². The Morgan fingerprint density at radius 2 is 1.58 bits per heavy atom. The minimum absolute atomic E-state index is 0.0933. The van der Waals surface area contributed by atoms with Gasteiger partial charge in [0.05, 0.1) is 12.1 Å². The molecule has 3 N–H and O–H groups in total. The zero-order valence-corrected chi connectivity index (χ0v) is 10.3. The fourth-order valence-electron chi connectivity index (χ4n) is 1.38. The monoisotopic (exact) mass is 287 g/mol. The summed E-state index contributed by atoms with van der Waals surface area (Å²) in [5.41, 5.74) is -0.588. The second-order valence-corrected chi connectivity index (χ2v) is 4.47. The van der Waals surface area contributed by atoms with Crippen LogP contribution < -0.4 is 0 Å². The number of rotatable bonds is 2. The highest BCUT2D eigenvalue weighted by atomic mass is 19.4. The van der Waals surface area contributed by atoms with E-state index in [0.29, 0.717) is 25.9 Å². The third-order valence-corrected chi connectivity index (χ3v) is 2.53. The van der Waals surface area contributed by atoms with Crippen molar-refractivity contribution in [2.45, 2.75) is 31.5 Å². The molecule has 0 unspecified atom stereocenters. The highest BCUT2D eigenvalue weighted by Crippen LogP contribution is 2.20. The van der Waals surface area contributed by atoms with Gasteiger partial charge in [0, 0.05) is 13.1 Å². The topological polar surface area (TPSA) is 98.1 Å². The maximum atomic E-state index is 10.6. The maximum Gasteiger partial charge on any atom is 0.490 e. The second-order valence-electron chi connectivity index (χ2n) is 4.47. The summed E-state index contributed by atoms with van der Waals surface area (Å²) in [6, 6.07) is 0. The average Bonchev–Trinajstić information content (AvgIpc) is 2.20. The number of likely N-dealkylation sites (tertiary alicyclic amines) is 1. The van der Waals surface area contributed by atoms with Gasteiger partial charge in [-0.25, -0.2) is 4.79 Å². The van der Waals surface area contributed by atoms with Gasteiger partial charge in [-0.05, 0) is 19.8 Å². The largest absolute Gasteiger partial charge is 0.490 e. The van der Waals surface area contributed by atoms with Crippen molar-refractivity contribution in [1.29, 1.82) is 0 Å². The van der Waals surface area contributed by atoms with Crippen LogP contribution in [0.15, 0.2) is 0 Å². The summed E-state index contributed by atoms with van der Waals surface area (Å²) in [4.78, 5) is 21.1. The number of hydrogen-bond acceptors (Lipinski definition) is 4. The molecule has 19 heavy (non-hydrogen) atoms. The number of aliphatic carboxylic acids is 2. The molecule has 1 aliphatic heterocycles. The molecule has 1 aliphatic rings. The van der Waals surface area contributed by atoms with Crippen LogP contribution in [0.3, 0.4) is 0 Å². The molecule has 1 saturated heterocycles. The van der Waals surface area contributed by atoms with Gasteiger partial charge >= 0.3 is 18.1 Å². The summed E-state index contributed by atoms with van der Waals surface area (Å²) in [6.45, 7) is 3.25. The zero-order chi connectivity index (χ0) is 15.3. The lowest BCUT2D eigenvalue weighted by Crippen LogP contribution is -2.44. The van der Waals surface area contributed by atoms with Gasteiger partial charge in [-0.15, -0.1) is 0 Å². The predicted molar refractivity (Wildman–Crippen MR) is 57.6 cm³/mol. The number of alkyl halides is 3. The molecule has 0 aromatic carbocycles. The van der Waals surface area contributed by atoms with Gasteiger partial charge in [0.1, 0.15) is 0 Å². The van der Waals surface area contributed by atoms with Gasteiger partial charge in [-0.3, -0.25) is 9.69 Å². The number of carbonyl (C=O) groups is 2. The minimum atomic E-state index is -5.08. The standard InChI is InChI=1S/C8H15NO3.C2HF3O2/c1-8(12)2-4-9(5-3-8)6-7(10)11;3-2(4,5)1(6)7/h12H,2-6H2,1H3,(H,10,11);(H,6,7). The van der Waals surface area contributed by atoms with Crippen molar-refractivity contribution in [3.05, 3.63) is 0 Å². The molecule has 1 fully saturated rings. The summed E-state index contributed by atoms with van der Waals surface area (Å²) in [5.74, 6) is -3.55. The number of piperidine rings is 1. The third kappa shape index (κ3) is 8.38. The molecule has 9 heteroatoms. The normalized spacial score (nSPS) is 19.2. The van der Waals surface area contributed by atoms with Crippen LogP contribution in [0.25, 0.3) is 0 Å². The van der Waals surface area contributed by atoms with Gasteiger partial charge in [0.15, 0.2) is 0 Å². The second kappa shape index (κ2) is 6.71. The molecule has 0 radical (unpaired) electrons. The van der Waals surface area contributed by atoms with Crippen LogP contribution in [0.5, 0.6) is 0 Å². The molecule has 0 aromatic heterocycles. The first kappa shape index (κ1) is 17.6. The number of aliphatic hydroxyl groups is 1. The quantitative estimate of drug-likeness (QED) is 0.686. The average molecular weight is 287 g/mol. The predicted octanol–water partition coefficient (Wildman–Crippen LogP) is 0.551. The van der Waals surface area contributed by atoms with Crippen molar-refractivity contribution in [3.63, 3.8) is 0 Å². The number of carboxylic acid groups (broad SMARTS) is 2. The fraction of sp³-hybridized carbons (Fsp3) is 0.800. The molecule has 0 spiro atoms. The Kier molecular flexibility index (Phi) is 6.23. The van der Waals surface area contributed by atoms with Crippen LogP contribution in [-0.2, 0) is 9.59 Å². The molecule has 0 aromatic rings. The number of hydrogen-bond donors (Lipinski definition) is 3. The Morgan fingerprint density at radius 1 is 1.21 bits per heavy atom. The number of nitrogens with zero attached hydrogens (tertiary/aromatic N) is 1. The molecule has 0 aliphatic carbocycles. The van der Waals surface area contributed by atoms with Crippen LogP contribution in [0.1, 0.15) is 19.8 Å². The van der Waals surface area contributed by atoms with E-state index in [0.717, 1.165) is 0 Å². The van der Waals surface area contributed by atoms with Crippen molar-refractivity contribution in [2.24, 2.45) is 0 Å². The smallest absolute Gasteiger partial charge is 0.480 e. The van der Waals surface area contributed by atoms with Crippen molar-refractivity contribution in [2.75, 3.05) is 19.6 Å². The molecule has 0 saturated carbocycles. The highest BCUT2D eigenvalue weighted by Gasteiger charge is 2.38. The Bertz CT molecular complexity index is 320. The lowest BCUT2D eigenvalue weighted by molar-refractivity contribution is -0.192. The highest BCUT2D eigenvalue weighted by molar-refractivity contribution is 5.73. The van der Waals surface area contributed by atoms with E-state index in [1.165, 1.54) is 0 Å². The van der Waals surface area contributed by atoms with E-state index in [4.69, 9.17) is 15.0 Å². The maximum absolute atomic E-state index is 10.6. The first-order valence-corrected chi connectivity index (χ1v) is 5.41. The van der Waals surface area contributed by atoms with Gasteiger partial charge < -0.3 is 15.3 Å². The van der Waals surface area contributed by atoms with Gasteiger partial charge in [-0.1, -0.05) is 0 Å². The summed E-state index contributed by atoms with van der Waals surface area (Å²) >= 11 is 0. The van der Waals surface area contributed by atoms with E-state index < -0.39 is 23.7 Å². The summed E-state index contributed by atoms with van der Waals surface area (Å²) in [6.07, 6.45) is -3.75. The van der Waals surface area contributed by atoms with Gasteiger partial charge in [0.2, 0.25) is 0 Å². The summed E-state index contributed by atoms with van der Waals surface area (Å²) in [5, 5.41) is 25.2. The third-order valence-electron chi connectivity index (χ3n) is 2.53. The lowest BCUT2D eigenvalue weighted by atomic mass is 9.94. The molecule has 0 atom stereocenters. The van der Waals surface area contributed by atoms with E-state index in [1.807, 2.05) is 4.90 Å². The molecule has 112 valence electrons. The van der Waals surface area contributed by atoms with Crippen molar-refractivity contribution in [1.82, 2.24) is 4.90 Å². The van der Waals surface area contributed by atoms with Crippen LogP contribution in [0, 0.1) is 0 Å². The van der Waals surface area contributed by atoms with E-state index in [2.05, 4.69) is 0 Å². The van der Waals surface area contributed by atoms with Crippen molar-refractivity contribution in [3.8, 4) is 0 Å². The van der Waals surface area contributed by atoms with Crippen LogP contribution >= 0.6 is 0 Å². The van der Waals surface area contributed by atoms with E-state index in [-0.39, 0.29) is 6.54 Å². The van der Waals surface area contributed by atoms with Gasteiger partial charge in [0.25, 0.3) is 0 Å². The zero-order valence-electron chi connectivity index (χ0n) is 10.3. The van der Waals surface area contributed by atoms with Crippen LogP contribution in [-0.4, -0.2) is 63.6 Å². The van der Waals surface area contributed by atoms with Crippen molar-refractivity contribution >= 4 is 11.9 Å². The molecule has 0 bridgehead atoms. The Hall–Kier alpha value is -1.35. The lowest BCUT2D eigenvalue weighted by Gasteiger charge is -2.34. The summed E-state index contributed by atoms with van der Waals surface area (Å²) in [7, 11) is 0. The van der Waals surface area contributed by atoms with E-state index in [1.54, 1.807) is 6.92 Å². The molecule has 0 amide bonds. The fourth-order valence-corrected chi connectivity index (χ4v) is 1.38. The van der Waals surface area contributed by atoms with Crippen LogP contribution in [0.2, 0.25) is 0 Å². The first-order chi connectivity index (χ1) is 8.44.